The van der Waals surface area contributed by atoms with E-state index in [0.29, 0.717) is 36.0 Å². The minimum Gasteiger partial charge on any atom is -0.459 e. The summed E-state index contributed by atoms with van der Waals surface area (Å²) < 4.78 is 5.53. The Morgan fingerprint density at radius 1 is 1.14 bits per heavy atom. The van der Waals surface area contributed by atoms with E-state index >= 15 is 0 Å². The normalized spacial score (nSPS) is 15.4. The van der Waals surface area contributed by atoms with Crippen LogP contribution < -0.4 is 4.90 Å². The third-order valence-electron chi connectivity index (χ3n) is 3.69. The highest BCUT2D eigenvalue weighted by atomic mass is 35.5. The zero-order valence-electron chi connectivity index (χ0n) is 11.5. The van der Waals surface area contributed by atoms with Gasteiger partial charge < -0.3 is 4.42 Å². The molecule has 0 aliphatic carbocycles. The van der Waals surface area contributed by atoms with Crippen molar-refractivity contribution in [2.24, 2.45) is 0 Å². The van der Waals surface area contributed by atoms with Crippen molar-refractivity contribution >= 4 is 51.8 Å². The quantitative estimate of drug-likeness (QED) is 0.645. The number of hydrogen-bond donors (Lipinski definition) is 0. The number of amides is 2. The van der Waals surface area contributed by atoms with Crippen LogP contribution in [-0.2, 0) is 9.59 Å². The Bertz CT molecular complexity index is 874. The lowest BCUT2D eigenvalue weighted by Crippen LogP contribution is -2.40. The smallest absolute Gasteiger partial charge is 0.233 e. The number of rotatable bonds is 1. The van der Waals surface area contributed by atoms with Gasteiger partial charge in [-0.15, -0.1) is 12.4 Å². The maximum absolute atomic E-state index is 12.2. The van der Waals surface area contributed by atoms with Crippen molar-refractivity contribution in [3.63, 3.8) is 0 Å². The second-order valence-corrected chi connectivity index (χ2v) is 4.99. The van der Waals surface area contributed by atoms with Crippen molar-refractivity contribution in [1.29, 1.82) is 0 Å². The molecule has 1 saturated heterocycles. The zero-order chi connectivity index (χ0) is 14.4. The van der Waals surface area contributed by atoms with Crippen LogP contribution in [0.5, 0.6) is 0 Å². The number of piperidine rings is 1. The molecule has 3 aromatic rings. The van der Waals surface area contributed by atoms with Crippen LogP contribution in [0.2, 0.25) is 0 Å². The lowest BCUT2D eigenvalue weighted by atomic mass is 10.1. The number of fused-ring (bicyclic) bond motifs is 2. The van der Waals surface area contributed by atoms with Gasteiger partial charge in [0.05, 0.1) is 6.20 Å². The van der Waals surface area contributed by atoms with Gasteiger partial charge in [-0.3, -0.25) is 14.6 Å². The number of anilines is 1. The number of halogens is 1. The summed E-state index contributed by atoms with van der Waals surface area (Å²) in [5.74, 6) is -0.416. The van der Waals surface area contributed by atoms with Crippen molar-refractivity contribution in [3.8, 4) is 0 Å². The van der Waals surface area contributed by atoms with Crippen molar-refractivity contribution in [2.45, 2.75) is 19.3 Å². The van der Waals surface area contributed by atoms with Gasteiger partial charge >= 0.3 is 0 Å². The summed E-state index contributed by atoms with van der Waals surface area (Å²) in [5.41, 5.74) is 1.49. The summed E-state index contributed by atoms with van der Waals surface area (Å²) in [7, 11) is 0. The molecular formula is C15H12ClN3O3. The molecule has 0 radical (unpaired) electrons. The van der Waals surface area contributed by atoms with Crippen molar-refractivity contribution in [1.82, 2.24) is 9.97 Å². The number of nitrogens with zero attached hydrogens (tertiary/aromatic N) is 3. The Balaban J connectivity index is 0.00000144. The summed E-state index contributed by atoms with van der Waals surface area (Å²) in [4.78, 5) is 34.1. The standard InChI is InChI=1S/C15H11N3O3.ClH/c19-12-2-1-3-13(20)18(12)14-10-8-16-7-9(10)6-11-15(14)21-5-4-17-11;/h4-8H,1-3H2;1H. The lowest BCUT2D eigenvalue weighted by Gasteiger charge is -2.25. The molecular weight excluding hydrogens is 306 g/mol. The van der Waals surface area contributed by atoms with Gasteiger partial charge in [0, 0.05) is 36.0 Å². The number of benzene rings is 1. The second kappa shape index (κ2) is 5.38. The average molecular weight is 318 g/mol. The molecule has 7 heteroatoms. The molecule has 3 heterocycles. The Hall–Kier alpha value is -2.47. The molecule has 22 heavy (non-hydrogen) atoms. The molecule has 0 bridgehead atoms. The molecule has 0 atom stereocenters. The van der Waals surface area contributed by atoms with Gasteiger partial charge in [0.25, 0.3) is 0 Å². The monoisotopic (exact) mass is 317 g/mol. The highest BCUT2D eigenvalue weighted by Gasteiger charge is 2.31. The van der Waals surface area contributed by atoms with Gasteiger partial charge in [-0.25, -0.2) is 9.88 Å². The number of imide groups is 1. The number of carbonyl (C=O) groups is 2. The SMILES string of the molecule is Cl.O=C1CCCC(=O)N1c1c2cncc2cc2nccoc12. The fourth-order valence-corrected chi connectivity index (χ4v) is 2.75. The number of hydrogen-bond acceptors (Lipinski definition) is 5. The van der Waals surface area contributed by atoms with Gasteiger partial charge in [0.15, 0.2) is 5.58 Å². The third-order valence-corrected chi connectivity index (χ3v) is 3.69. The van der Waals surface area contributed by atoms with Gasteiger partial charge in [0.2, 0.25) is 11.8 Å². The highest BCUT2D eigenvalue weighted by molar-refractivity contribution is 6.24. The van der Waals surface area contributed by atoms with E-state index in [0.717, 1.165) is 10.8 Å². The summed E-state index contributed by atoms with van der Waals surface area (Å²) >= 11 is 0. The van der Waals surface area contributed by atoms with E-state index in [9.17, 15) is 9.59 Å². The Morgan fingerprint density at radius 2 is 1.91 bits per heavy atom. The molecule has 1 aromatic carbocycles. The first kappa shape index (κ1) is 14.5. The van der Waals surface area contributed by atoms with Crippen LogP contribution in [0.4, 0.5) is 5.69 Å². The minimum absolute atomic E-state index is 0. The maximum Gasteiger partial charge on any atom is 0.233 e. The first-order valence-corrected chi connectivity index (χ1v) is 6.71. The van der Waals surface area contributed by atoms with Gasteiger partial charge in [0.1, 0.15) is 17.5 Å². The van der Waals surface area contributed by atoms with Crippen LogP contribution in [0.3, 0.4) is 0 Å². The lowest BCUT2D eigenvalue weighted by molar-refractivity contribution is -0.128. The topological polar surface area (TPSA) is 76.3 Å². The summed E-state index contributed by atoms with van der Waals surface area (Å²) in [6.07, 6.45) is 7.61. The molecule has 0 spiro atoms. The van der Waals surface area contributed by atoms with Crippen LogP contribution in [0.1, 0.15) is 19.3 Å². The molecule has 4 rings (SSSR count). The Kier molecular flexibility index (Phi) is 3.54. The summed E-state index contributed by atoms with van der Waals surface area (Å²) in [6, 6.07) is 1.84. The molecule has 1 aliphatic heterocycles. The van der Waals surface area contributed by atoms with E-state index in [1.807, 2.05) is 6.07 Å². The van der Waals surface area contributed by atoms with Crippen LogP contribution in [0.25, 0.3) is 21.9 Å². The first-order valence-electron chi connectivity index (χ1n) is 6.71. The number of aromatic nitrogens is 2. The molecule has 1 aliphatic rings. The largest absolute Gasteiger partial charge is 0.459 e. The van der Waals surface area contributed by atoms with Crippen molar-refractivity contribution in [2.75, 3.05) is 4.90 Å². The van der Waals surface area contributed by atoms with Crippen LogP contribution >= 0.6 is 12.4 Å². The minimum atomic E-state index is -0.208. The summed E-state index contributed by atoms with van der Waals surface area (Å²) in [6.45, 7) is 0. The molecule has 112 valence electrons. The molecule has 6 nitrogen and oxygen atoms in total. The van der Waals surface area contributed by atoms with E-state index < -0.39 is 0 Å². The molecule has 1 fully saturated rings. The third kappa shape index (κ3) is 2.03. The van der Waals surface area contributed by atoms with Gasteiger partial charge in [-0.1, -0.05) is 0 Å². The van der Waals surface area contributed by atoms with E-state index in [1.165, 1.54) is 17.4 Å². The molecule has 2 amide bonds. The number of carbonyl (C=O) groups excluding carboxylic acids is 2. The van der Waals surface area contributed by atoms with Crippen LogP contribution in [0.15, 0.2) is 35.3 Å². The zero-order valence-corrected chi connectivity index (χ0v) is 12.3. The molecule has 0 unspecified atom stereocenters. The average Bonchev–Trinajstić information content (AvgIpc) is 2.94. The predicted octanol–water partition coefficient (Wildman–Crippen LogP) is 2.84. The molecule has 0 saturated carbocycles. The first-order chi connectivity index (χ1) is 10.3. The van der Waals surface area contributed by atoms with Gasteiger partial charge in [-0.05, 0) is 12.5 Å². The Morgan fingerprint density at radius 3 is 2.68 bits per heavy atom. The van der Waals surface area contributed by atoms with Crippen molar-refractivity contribution < 1.29 is 14.0 Å². The van der Waals surface area contributed by atoms with E-state index in [-0.39, 0.29) is 24.2 Å². The predicted molar refractivity (Wildman–Crippen MR) is 82.9 cm³/mol. The van der Waals surface area contributed by atoms with E-state index in [4.69, 9.17) is 4.42 Å². The highest BCUT2D eigenvalue weighted by Crippen LogP contribution is 2.36. The van der Waals surface area contributed by atoms with Crippen LogP contribution in [-0.4, -0.2) is 21.8 Å². The van der Waals surface area contributed by atoms with Crippen molar-refractivity contribution in [3.05, 3.63) is 30.9 Å². The van der Waals surface area contributed by atoms with Gasteiger partial charge in [-0.2, -0.15) is 0 Å². The molecule has 2 aromatic heterocycles. The maximum atomic E-state index is 12.2. The molecule has 0 N–H and O–H groups in total. The van der Waals surface area contributed by atoms with E-state index in [1.54, 1.807) is 12.4 Å². The fraction of sp³-hybridized carbons (Fsp3) is 0.200. The second-order valence-electron chi connectivity index (χ2n) is 4.99. The van der Waals surface area contributed by atoms with Crippen LogP contribution in [0, 0.1) is 0 Å². The van der Waals surface area contributed by atoms with E-state index in [2.05, 4.69) is 9.97 Å². The Labute approximate surface area is 131 Å². The summed E-state index contributed by atoms with van der Waals surface area (Å²) in [5, 5.41) is 1.56. The fourth-order valence-electron chi connectivity index (χ4n) is 2.75.